The fourth-order valence-corrected chi connectivity index (χ4v) is 1.04. The summed E-state index contributed by atoms with van der Waals surface area (Å²) in [7, 11) is 0. The first-order valence-corrected chi connectivity index (χ1v) is 5.62. The van der Waals surface area contributed by atoms with Crippen LogP contribution >= 0.6 is 0 Å². The maximum absolute atomic E-state index is 11.5. The first-order chi connectivity index (χ1) is 7.02. The van der Waals surface area contributed by atoms with Crippen molar-refractivity contribution >= 4 is 11.8 Å². The summed E-state index contributed by atoms with van der Waals surface area (Å²) in [6.07, 6.45) is 0.319. The average molecular weight is 228 g/mol. The predicted molar refractivity (Wildman–Crippen MR) is 65.0 cm³/mol. The highest BCUT2D eigenvalue weighted by Crippen LogP contribution is 2.12. The van der Waals surface area contributed by atoms with Crippen molar-refractivity contribution < 1.29 is 9.59 Å². The van der Waals surface area contributed by atoms with Crippen molar-refractivity contribution in [2.24, 2.45) is 5.41 Å². The van der Waals surface area contributed by atoms with E-state index < -0.39 is 5.41 Å². The highest BCUT2D eigenvalue weighted by atomic mass is 16.2. The van der Waals surface area contributed by atoms with Crippen molar-refractivity contribution in [3.05, 3.63) is 0 Å². The molecule has 0 aromatic heterocycles. The first-order valence-electron chi connectivity index (χ1n) is 5.62. The van der Waals surface area contributed by atoms with Gasteiger partial charge in [-0.25, -0.2) is 0 Å². The van der Waals surface area contributed by atoms with Crippen LogP contribution in [-0.2, 0) is 9.59 Å². The van der Waals surface area contributed by atoms with Gasteiger partial charge in [0.2, 0.25) is 11.8 Å². The standard InChI is InChI=1S/C12H24N2O2/c1-11(2,3)10(16)13-8-7-9(15)14-12(4,5)6/h7-8H2,1-6H3,(H,13,16)(H,14,15). The molecule has 0 aromatic carbocycles. The van der Waals surface area contributed by atoms with Gasteiger partial charge in [0.15, 0.2) is 0 Å². The minimum atomic E-state index is -0.402. The second-order valence-corrected chi connectivity index (χ2v) is 6.05. The minimum Gasteiger partial charge on any atom is -0.355 e. The third kappa shape index (κ3) is 7.26. The highest BCUT2D eigenvalue weighted by molar-refractivity contribution is 5.82. The SMILES string of the molecule is CC(C)(C)NC(=O)CCNC(=O)C(C)(C)C. The van der Waals surface area contributed by atoms with Crippen LogP contribution in [0, 0.1) is 5.41 Å². The van der Waals surface area contributed by atoms with Crippen molar-refractivity contribution in [2.75, 3.05) is 6.54 Å². The number of hydrogen-bond acceptors (Lipinski definition) is 2. The number of carbonyl (C=O) groups excluding carboxylic acids is 2. The summed E-state index contributed by atoms with van der Waals surface area (Å²) >= 11 is 0. The maximum atomic E-state index is 11.5. The molecule has 2 amide bonds. The second-order valence-electron chi connectivity index (χ2n) is 6.05. The zero-order valence-corrected chi connectivity index (χ0v) is 11.2. The van der Waals surface area contributed by atoms with Crippen LogP contribution in [0.3, 0.4) is 0 Å². The number of amides is 2. The highest BCUT2D eigenvalue weighted by Gasteiger charge is 2.21. The molecule has 16 heavy (non-hydrogen) atoms. The van der Waals surface area contributed by atoms with Crippen LogP contribution in [0.15, 0.2) is 0 Å². The quantitative estimate of drug-likeness (QED) is 0.768. The second kappa shape index (κ2) is 5.32. The van der Waals surface area contributed by atoms with Crippen molar-refractivity contribution in [1.29, 1.82) is 0 Å². The van der Waals surface area contributed by atoms with Gasteiger partial charge in [-0.05, 0) is 20.8 Å². The van der Waals surface area contributed by atoms with Crippen molar-refractivity contribution in [2.45, 2.75) is 53.5 Å². The van der Waals surface area contributed by atoms with E-state index in [1.807, 2.05) is 41.5 Å². The van der Waals surface area contributed by atoms with E-state index in [0.29, 0.717) is 13.0 Å². The van der Waals surface area contributed by atoms with Crippen LogP contribution in [0.25, 0.3) is 0 Å². The van der Waals surface area contributed by atoms with Gasteiger partial charge in [0.05, 0.1) is 0 Å². The van der Waals surface area contributed by atoms with E-state index in [1.54, 1.807) is 0 Å². The van der Waals surface area contributed by atoms with Gasteiger partial charge in [0.1, 0.15) is 0 Å². The molecule has 2 N–H and O–H groups in total. The van der Waals surface area contributed by atoms with Gasteiger partial charge in [-0.15, -0.1) is 0 Å². The van der Waals surface area contributed by atoms with Gasteiger partial charge in [-0.2, -0.15) is 0 Å². The Kier molecular flexibility index (Phi) is 4.97. The zero-order valence-electron chi connectivity index (χ0n) is 11.2. The summed E-state index contributed by atoms with van der Waals surface area (Å²) in [5.74, 6) is -0.0715. The molecule has 94 valence electrons. The van der Waals surface area contributed by atoms with Crippen LogP contribution in [0.1, 0.15) is 48.0 Å². The molecule has 0 saturated heterocycles. The Balaban J connectivity index is 3.84. The van der Waals surface area contributed by atoms with Gasteiger partial charge in [-0.1, -0.05) is 20.8 Å². The van der Waals surface area contributed by atoms with E-state index in [-0.39, 0.29) is 17.4 Å². The fourth-order valence-electron chi connectivity index (χ4n) is 1.04. The minimum absolute atomic E-state index is 0.0314. The molecule has 0 spiro atoms. The molecule has 4 nitrogen and oxygen atoms in total. The normalized spacial score (nSPS) is 12.1. The summed E-state index contributed by atoms with van der Waals surface area (Å²) in [5, 5.41) is 5.58. The Labute approximate surface area is 98.2 Å². The van der Waals surface area contributed by atoms with E-state index in [9.17, 15) is 9.59 Å². The average Bonchev–Trinajstić information content (AvgIpc) is 1.98. The van der Waals surface area contributed by atoms with E-state index in [1.165, 1.54) is 0 Å². The van der Waals surface area contributed by atoms with Crippen molar-refractivity contribution in [1.82, 2.24) is 10.6 Å². The van der Waals surface area contributed by atoms with Crippen LogP contribution < -0.4 is 10.6 Å². The molecule has 0 fully saturated rings. The number of nitrogens with one attached hydrogen (secondary N) is 2. The lowest BCUT2D eigenvalue weighted by Gasteiger charge is -2.21. The molecule has 0 bridgehead atoms. The molecule has 0 aliphatic rings. The lowest BCUT2D eigenvalue weighted by molar-refractivity contribution is -0.128. The van der Waals surface area contributed by atoms with Crippen molar-refractivity contribution in [3.8, 4) is 0 Å². The summed E-state index contributed by atoms with van der Waals surface area (Å²) in [5.41, 5.74) is -0.619. The van der Waals surface area contributed by atoms with Crippen LogP contribution in [-0.4, -0.2) is 23.9 Å². The van der Waals surface area contributed by atoms with Gasteiger partial charge >= 0.3 is 0 Å². The topological polar surface area (TPSA) is 58.2 Å². The molecule has 0 saturated carbocycles. The molecule has 4 heteroatoms. The van der Waals surface area contributed by atoms with Crippen LogP contribution in [0.4, 0.5) is 0 Å². The molecule has 0 unspecified atom stereocenters. The molecular formula is C12H24N2O2. The number of carbonyl (C=O) groups is 2. The Morgan fingerprint density at radius 2 is 1.50 bits per heavy atom. The third-order valence-corrected chi connectivity index (χ3v) is 1.83. The molecule has 0 atom stereocenters. The lowest BCUT2D eigenvalue weighted by atomic mass is 9.96. The predicted octanol–water partition coefficient (Wildman–Crippen LogP) is 1.45. The maximum Gasteiger partial charge on any atom is 0.225 e. The molecular weight excluding hydrogens is 204 g/mol. The number of hydrogen-bond donors (Lipinski definition) is 2. The Morgan fingerprint density at radius 1 is 1.00 bits per heavy atom. The molecule has 0 heterocycles. The van der Waals surface area contributed by atoms with Crippen molar-refractivity contribution in [3.63, 3.8) is 0 Å². The van der Waals surface area contributed by atoms with Gasteiger partial charge in [-0.3, -0.25) is 9.59 Å². The van der Waals surface area contributed by atoms with Crippen LogP contribution in [0.5, 0.6) is 0 Å². The molecule has 0 aromatic rings. The van der Waals surface area contributed by atoms with E-state index in [0.717, 1.165) is 0 Å². The van der Waals surface area contributed by atoms with E-state index >= 15 is 0 Å². The molecule has 0 radical (unpaired) electrons. The lowest BCUT2D eigenvalue weighted by Crippen LogP contribution is -2.43. The van der Waals surface area contributed by atoms with E-state index in [4.69, 9.17) is 0 Å². The molecule has 0 rings (SSSR count). The monoisotopic (exact) mass is 228 g/mol. The van der Waals surface area contributed by atoms with Gasteiger partial charge in [0.25, 0.3) is 0 Å². The van der Waals surface area contributed by atoms with Gasteiger partial charge in [0, 0.05) is 23.9 Å². The summed E-state index contributed by atoms with van der Waals surface area (Å²) in [6.45, 7) is 11.7. The van der Waals surface area contributed by atoms with Crippen LogP contribution in [0.2, 0.25) is 0 Å². The summed E-state index contributed by atoms with van der Waals surface area (Å²) in [4.78, 5) is 22.9. The Hall–Kier alpha value is -1.06. The third-order valence-electron chi connectivity index (χ3n) is 1.83. The number of rotatable bonds is 3. The fraction of sp³-hybridized carbons (Fsp3) is 0.833. The Morgan fingerprint density at radius 3 is 1.88 bits per heavy atom. The Bertz CT molecular complexity index is 259. The van der Waals surface area contributed by atoms with Gasteiger partial charge < -0.3 is 10.6 Å². The molecule has 0 aliphatic carbocycles. The molecule has 0 aliphatic heterocycles. The first kappa shape index (κ1) is 14.9. The smallest absolute Gasteiger partial charge is 0.225 e. The zero-order chi connectivity index (χ0) is 13.0. The summed E-state index contributed by atoms with van der Waals surface area (Å²) in [6, 6.07) is 0. The largest absolute Gasteiger partial charge is 0.355 e. The summed E-state index contributed by atoms with van der Waals surface area (Å²) < 4.78 is 0. The van der Waals surface area contributed by atoms with E-state index in [2.05, 4.69) is 10.6 Å².